The van der Waals surface area contributed by atoms with Crippen LogP contribution in [0.15, 0.2) is 48.5 Å². The van der Waals surface area contributed by atoms with Gasteiger partial charge in [-0.15, -0.1) is 0 Å². The number of nitrogens with zero attached hydrogens (tertiary/aromatic N) is 6. The second-order valence-electron chi connectivity index (χ2n) is 5.25. The number of nitro benzene ring substituents is 2. The molecule has 3 aromatic rings. The first-order valence-corrected chi connectivity index (χ1v) is 9.45. The fraction of sp³-hybridized carbons (Fsp3) is 0.133. The third kappa shape index (κ3) is 4.26. The van der Waals surface area contributed by atoms with Crippen LogP contribution in [0, 0.1) is 20.2 Å². The van der Waals surface area contributed by atoms with Gasteiger partial charge >= 0.3 is 153 Å². The third-order valence-corrected chi connectivity index (χ3v) is 5.65. The molecule has 2 aromatic carbocycles. The average Bonchev–Trinajstić information content (AvgIpc) is 3.08. The van der Waals surface area contributed by atoms with E-state index in [0.29, 0.717) is 11.9 Å². The Bertz CT molecular complexity index is 926. The number of nitro groups is 2. The number of non-ortho nitro benzene ring substituents is 2. The second-order valence-corrected chi connectivity index (χ2v) is 7.23. The number of hydrogen-bond donors (Lipinski definition) is 0. The van der Waals surface area contributed by atoms with Crippen LogP contribution in [0.4, 0.5) is 11.4 Å². The predicted molar refractivity (Wildman–Crippen MR) is 92.2 cm³/mol. The van der Waals surface area contributed by atoms with Gasteiger partial charge in [0.1, 0.15) is 0 Å². The molecular weight excluding hydrogens is 407 g/mol. The zero-order valence-electron chi connectivity index (χ0n) is 13.3. The van der Waals surface area contributed by atoms with Crippen LogP contribution < -0.4 is 4.72 Å². The molecule has 0 spiro atoms. The van der Waals surface area contributed by atoms with Gasteiger partial charge in [-0.2, -0.15) is 0 Å². The molecule has 0 aliphatic heterocycles. The van der Waals surface area contributed by atoms with Crippen LogP contribution in [0.1, 0.15) is 11.1 Å². The van der Waals surface area contributed by atoms with Gasteiger partial charge in [0.25, 0.3) is 0 Å². The molecule has 10 nitrogen and oxygen atoms in total. The van der Waals surface area contributed by atoms with Crippen LogP contribution in [0.3, 0.4) is 0 Å². The minimum atomic E-state index is -0.445. The molecule has 0 radical (unpaired) electrons. The molecule has 0 amide bonds. The van der Waals surface area contributed by atoms with E-state index in [4.69, 9.17) is 0 Å². The van der Waals surface area contributed by atoms with Crippen LogP contribution in [-0.4, -0.2) is 45.0 Å². The van der Waals surface area contributed by atoms with E-state index in [-0.39, 0.29) is 26.3 Å². The van der Waals surface area contributed by atoms with E-state index in [1.807, 2.05) is 0 Å². The van der Waals surface area contributed by atoms with E-state index < -0.39 is 9.85 Å². The average molecular weight is 419 g/mol. The van der Waals surface area contributed by atoms with Crippen LogP contribution in [-0.2, 0) is 11.9 Å². The monoisotopic (exact) mass is 420 g/mol. The van der Waals surface area contributed by atoms with E-state index in [0.717, 1.165) is 15.8 Å². The summed E-state index contributed by atoms with van der Waals surface area (Å²) in [7, 11) is 0. The molecule has 26 heavy (non-hydrogen) atoms. The number of rotatable bonds is 7. The molecule has 3 rings (SSSR count). The number of tetrazole rings is 1. The van der Waals surface area contributed by atoms with Crippen molar-refractivity contribution in [3.05, 3.63) is 79.9 Å². The summed E-state index contributed by atoms with van der Waals surface area (Å²) in [5.41, 5.74) is 1.92. The molecule has 0 atom stereocenters. The molecule has 132 valence electrons. The molecule has 0 N–H and O–H groups in total. The summed E-state index contributed by atoms with van der Waals surface area (Å²) in [5.74, 6) is 0. The van der Waals surface area contributed by atoms with E-state index in [1.165, 1.54) is 24.3 Å². The Hall–Kier alpha value is -3.17. The molecule has 0 saturated heterocycles. The zero-order chi connectivity index (χ0) is 18.5. The minimum absolute atomic E-state index is 0.0353. The summed E-state index contributed by atoms with van der Waals surface area (Å²) in [6.07, 6.45) is 0. The van der Waals surface area contributed by atoms with E-state index in [2.05, 4.69) is 15.5 Å². The van der Waals surface area contributed by atoms with Crippen molar-refractivity contribution in [3.63, 3.8) is 0 Å². The zero-order valence-corrected chi connectivity index (χ0v) is 15.0. The Balaban J connectivity index is 1.64. The first kappa shape index (κ1) is 17.6. The first-order chi connectivity index (χ1) is 12.5. The van der Waals surface area contributed by atoms with Crippen molar-refractivity contribution < 1.29 is 9.85 Å². The number of aromatic nitrogens is 4. The predicted octanol–water partition coefficient (Wildman–Crippen LogP) is 1.07. The van der Waals surface area contributed by atoms with Crippen LogP contribution in [0.25, 0.3) is 0 Å². The summed E-state index contributed by atoms with van der Waals surface area (Å²) in [6.45, 7) is 0.419. The Morgan fingerprint density at radius 3 is 1.96 bits per heavy atom. The molecule has 0 fully saturated rings. The summed E-state index contributed by atoms with van der Waals surface area (Å²) in [5, 5.41) is 33.8. The van der Waals surface area contributed by atoms with E-state index in [1.54, 1.807) is 28.9 Å². The Labute approximate surface area is 153 Å². The van der Waals surface area contributed by atoms with Gasteiger partial charge in [-0.3, -0.25) is 0 Å². The standard InChI is InChI=1S/C15H12N6O4Se/c22-20(23)13-5-1-11(2-6-13)9-19-15(16-17-18-19)26-10-12-3-7-14(8-4-12)21(24)25/h1-8H,9-10H2. The van der Waals surface area contributed by atoms with Gasteiger partial charge < -0.3 is 0 Å². The van der Waals surface area contributed by atoms with Crippen molar-refractivity contribution in [3.8, 4) is 0 Å². The van der Waals surface area contributed by atoms with E-state index >= 15 is 0 Å². The molecule has 0 unspecified atom stereocenters. The molecule has 0 saturated carbocycles. The van der Waals surface area contributed by atoms with Gasteiger partial charge in [0.2, 0.25) is 0 Å². The van der Waals surface area contributed by atoms with Gasteiger partial charge in [0.05, 0.1) is 0 Å². The summed E-state index contributed by atoms with van der Waals surface area (Å²) in [4.78, 5) is 20.5. The van der Waals surface area contributed by atoms with Gasteiger partial charge in [-0.05, 0) is 0 Å². The normalized spacial score (nSPS) is 10.6. The third-order valence-electron chi connectivity index (χ3n) is 3.49. The van der Waals surface area contributed by atoms with Crippen molar-refractivity contribution in [2.75, 3.05) is 0 Å². The fourth-order valence-electron chi connectivity index (χ4n) is 2.16. The van der Waals surface area contributed by atoms with Crippen LogP contribution in [0.5, 0.6) is 0 Å². The summed E-state index contributed by atoms with van der Waals surface area (Å²) in [6, 6.07) is 12.6. The van der Waals surface area contributed by atoms with Crippen molar-refractivity contribution in [1.82, 2.24) is 20.2 Å². The molecular formula is C15H12N6O4Se. The molecule has 0 aliphatic carbocycles. The van der Waals surface area contributed by atoms with Gasteiger partial charge in [0, 0.05) is 0 Å². The maximum absolute atomic E-state index is 10.7. The Morgan fingerprint density at radius 2 is 1.42 bits per heavy atom. The number of benzene rings is 2. The van der Waals surface area contributed by atoms with Crippen molar-refractivity contribution in [2.24, 2.45) is 0 Å². The van der Waals surface area contributed by atoms with Crippen LogP contribution >= 0.6 is 0 Å². The molecule has 1 aromatic heterocycles. The first-order valence-electron chi connectivity index (χ1n) is 7.38. The number of hydrogen-bond acceptors (Lipinski definition) is 7. The van der Waals surface area contributed by atoms with Gasteiger partial charge in [-0.25, -0.2) is 0 Å². The molecule has 1 heterocycles. The fourth-order valence-corrected chi connectivity index (χ4v) is 3.90. The van der Waals surface area contributed by atoms with Crippen LogP contribution in [0.2, 0.25) is 0 Å². The van der Waals surface area contributed by atoms with Crippen molar-refractivity contribution in [1.29, 1.82) is 0 Å². The summed E-state index contributed by atoms with van der Waals surface area (Å²) < 4.78 is 2.39. The SMILES string of the molecule is O=[N+]([O-])c1ccc(C[Se]c2nnnn2Cc2ccc([N+](=O)[O-])cc2)cc1. The van der Waals surface area contributed by atoms with Crippen molar-refractivity contribution >= 4 is 31.1 Å². The van der Waals surface area contributed by atoms with Gasteiger partial charge in [0.15, 0.2) is 0 Å². The Kier molecular flexibility index (Phi) is 5.30. The van der Waals surface area contributed by atoms with Gasteiger partial charge in [-0.1, -0.05) is 0 Å². The maximum atomic E-state index is 10.7. The second kappa shape index (κ2) is 7.81. The quantitative estimate of drug-likeness (QED) is 0.318. The topological polar surface area (TPSA) is 130 Å². The van der Waals surface area contributed by atoms with E-state index in [9.17, 15) is 20.2 Å². The Morgan fingerprint density at radius 1 is 0.885 bits per heavy atom. The van der Waals surface area contributed by atoms with Crippen molar-refractivity contribution in [2.45, 2.75) is 11.9 Å². The summed E-state index contributed by atoms with van der Waals surface area (Å²) >= 11 is -0.0551. The molecule has 0 bridgehead atoms. The molecule has 0 aliphatic rings. The molecule has 11 heteroatoms.